The second kappa shape index (κ2) is 4.64. The summed E-state index contributed by atoms with van der Waals surface area (Å²) in [6.45, 7) is 0. The van der Waals surface area contributed by atoms with Crippen molar-refractivity contribution in [3.8, 4) is 0 Å². The average Bonchev–Trinajstić information content (AvgIpc) is 1.82. The zero-order chi connectivity index (χ0) is 7.28. The molecule has 1 unspecified atom stereocenters. The zero-order valence-electron chi connectivity index (χ0n) is 5.20. The average molecular weight is 150 g/mol. The highest BCUT2D eigenvalue weighted by Crippen LogP contribution is 1.99. The van der Waals surface area contributed by atoms with Crippen LogP contribution in [0.2, 0.25) is 0 Å². The fraction of sp³-hybridized carbons (Fsp3) is 0.800. The van der Waals surface area contributed by atoms with Crippen molar-refractivity contribution in [2.75, 3.05) is 12.0 Å². The van der Waals surface area contributed by atoms with Gasteiger partial charge in [-0.1, -0.05) is 0 Å². The van der Waals surface area contributed by atoms with Crippen LogP contribution in [0.5, 0.6) is 0 Å². The Hall–Kier alpha value is -0.220. The molecule has 0 bridgehead atoms. The molecule has 2 N–H and O–H groups in total. The first kappa shape index (κ1) is 8.78. The number of aliphatic hydroxyl groups excluding tert-OH is 1. The van der Waals surface area contributed by atoms with E-state index < -0.39 is 12.1 Å². The van der Waals surface area contributed by atoms with Crippen molar-refractivity contribution in [1.29, 1.82) is 0 Å². The van der Waals surface area contributed by atoms with Crippen molar-refractivity contribution in [3.63, 3.8) is 0 Å². The van der Waals surface area contributed by atoms with Crippen molar-refractivity contribution >= 4 is 17.7 Å². The molecular weight excluding hydrogens is 140 g/mol. The smallest absolute Gasteiger partial charge is 0.332 e. The van der Waals surface area contributed by atoms with E-state index in [2.05, 4.69) is 0 Å². The minimum absolute atomic E-state index is 0.330. The number of aliphatic carboxylic acids is 1. The van der Waals surface area contributed by atoms with Gasteiger partial charge in [0.1, 0.15) is 0 Å². The summed E-state index contributed by atoms with van der Waals surface area (Å²) in [5.74, 6) is -0.447. The standard InChI is InChI=1S/C5H10O3S/c1-9-3-2-4(6)5(7)8/h4,6H,2-3H2,1H3,(H,7,8). The lowest BCUT2D eigenvalue weighted by Crippen LogP contribution is -2.19. The second-order valence-electron chi connectivity index (χ2n) is 1.64. The third kappa shape index (κ3) is 4.29. The van der Waals surface area contributed by atoms with Crippen molar-refractivity contribution in [2.24, 2.45) is 0 Å². The van der Waals surface area contributed by atoms with Gasteiger partial charge < -0.3 is 10.2 Å². The zero-order valence-corrected chi connectivity index (χ0v) is 6.02. The number of carboxylic acids is 1. The Morgan fingerprint density at radius 3 is 2.67 bits per heavy atom. The molecule has 54 valence electrons. The molecule has 0 aromatic carbocycles. The summed E-state index contributed by atoms with van der Waals surface area (Å²) in [7, 11) is 0. The monoisotopic (exact) mass is 150 g/mol. The van der Waals surface area contributed by atoms with E-state index in [0.29, 0.717) is 12.2 Å². The van der Waals surface area contributed by atoms with Gasteiger partial charge in [-0.2, -0.15) is 11.8 Å². The summed E-state index contributed by atoms with van der Waals surface area (Å²) in [5, 5.41) is 16.8. The Bertz CT molecular complexity index is 94.2. The third-order valence-corrected chi connectivity index (χ3v) is 1.52. The Morgan fingerprint density at radius 1 is 1.78 bits per heavy atom. The van der Waals surface area contributed by atoms with Crippen LogP contribution in [-0.4, -0.2) is 34.3 Å². The van der Waals surface area contributed by atoms with Crippen LogP contribution in [0.4, 0.5) is 0 Å². The van der Waals surface area contributed by atoms with Crippen molar-refractivity contribution < 1.29 is 15.0 Å². The summed E-state index contributed by atoms with van der Waals surface area (Å²) in [6.07, 6.45) is 1.02. The number of carbonyl (C=O) groups is 1. The Labute approximate surface area is 58.1 Å². The summed E-state index contributed by atoms with van der Waals surface area (Å²) >= 11 is 1.52. The maximum atomic E-state index is 9.95. The molecule has 0 spiro atoms. The number of hydrogen-bond donors (Lipinski definition) is 2. The lowest BCUT2D eigenvalue weighted by atomic mass is 10.3. The molecule has 3 nitrogen and oxygen atoms in total. The van der Waals surface area contributed by atoms with Gasteiger partial charge in [0.15, 0.2) is 6.10 Å². The van der Waals surface area contributed by atoms with E-state index in [4.69, 9.17) is 10.2 Å². The molecule has 4 heteroatoms. The normalized spacial score (nSPS) is 13.1. The van der Waals surface area contributed by atoms with Gasteiger partial charge in [-0.25, -0.2) is 4.79 Å². The molecule has 0 fully saturated rings. The van der Waals surface area contributed by atoms with Gasteiger partial charge >= 0.3 is 5.97 Å². The van der Waals surface area contributed by atoms with Crippen LogP contribution in [0.3, 0.4) is 0 Å². The molecular formula is C5H10O3S. The first-order valence-electron chi connectivity index (χ1n) is 2.58. The van der Waals surface area contributed by atoms with E-state index in [1.165, 1.54) is 11.8 Å². The van der Waals surface area contributed by atoms with Gasteiger partial charge in [-0.05, 0) is 18.4 Å². The Morgan fingerprint density at radius 2 is 2.33 bits per heavy atom. The summed E-state index contributed by atoms with van der Waals surface area (Å²) in [4.78, 5) is 9.95. The molecule has 0 rings (SSSR count). The van der Waals surface area contributed by atoms with E-state index in [-0.39, 0.29) is 0 Å². The fourth-order valence-electron chi connectivity index (χ4n) is 0.353. The van der Waals surface area contributed by atoms with Gasteiger partial charge in [0, 0.05) is 0 Å². The molecule has 0 aromatic rings. The minimum atomic E-state index is -1.18. The van der Waals surface area contributed by atoms with E-state index in [0.717, 1.165) is 0 Å². The highest BCUT2D eigenvalue weighted by atomic mass is 32.2. The molecule has 0 radical (unpaired) electrons. The van der Waals surface area contributed by atoms with Crippen LogP contribution in [0.15, 0.2) is 0 Å². The predicted molar refractivity (Wildman–Crippen MR) is 36.6 cm³/mol. The molecule has 0 aliphatic rings. The van der Waals surface area contributed by atoms with E-state index in [9.17, 15) is 4.79 Å². The summed E-state index contributed by atoms with van der Waals surface area (Å²) < 4.78 is 0. The second-order valence-corrected chi connectivity index (χ2v) is 2.62. The van der Waals surface area contributed by atoms with Gasteiger partial charge in [0.2, 0.25) is 0 Å². The largest absolute Gasteiger partial charge is 0.479 e. The molecule has 0 heterocycles. The summed E-state index contributed by atoms with van der Waals surface area (Å²) in [6, 6.07) is 0. The topological polar surface area (TPSA) is 57.5 Å². The number of carboxylic acid groups (broad SMARTS) is 1. The van der Waals surface area contributed by atoms with E-state index in [1.807, 2.05) is 6.26 Å². The van der Waals surface area contributed by atoms with Crippen LogP contribution < -0.4 is 0 Å². The lowest BCUT2D eigenvalue weighted by Gasteiger charge is -2.01. The van der Waals surface area contributed by atoms with Gasteiger partial charge in [-0.3, -0.25) is 0 Å². The lowest BCUT2D eigenvalue weighted by molar-refractivity contribution is -0.146. The number of aliphatic hydroxyl groups is 1. The number of rotatable bonds is 4. The van der Waals surface area contributed by atoms with Gasteiger partial charge in [0.05, 0.1) is 0 Å². The van der Waals surface area contributed by atoms with E-state index >= 15 is 0 Å². The maximum Gasteiger partial charge on any atom is 0.332 e. The molecule has 0 aliphatic carbocycles. The van der Waals surface area contributed by atoms with Gasteiger partial charge in [0.25, 0.3) is 0 Å². The number of hydrogen-bond acceptors (Lipinski definition) is 3. The van der Waals surface area contributed by atoms with E-state index in [1.54, 1.807) is 0 Å². The third-order valence-electron chi connectivity index (χ3n) is 0.880. The van der Waals surface area contributed by atoms with Crippen LogP contribution in [0.1, 0.15) is 6.42 Å². The van der Waals surface area contributed by atoms with Crippen molar-refractivity contribution in [3.05, 3.63) is 0 Å². The molecule has 0 aromatic heterocycles. The SMILES string of the molecule is CSCCC(O)C(=O)O. The number of thioether (sulfide) groups is 1. The molecule has 0 saturated heterocycles. The minimum Gasteiger partial charge on any atom is -0.479 e. The van der Waals surface area contributed by atoms with Crippen LogP contribution in [0, 0.1) is 0 Å². The van der Waals surface area contributed by atoms with Crippen LogP contribution in [0.25, 0.3) is 0 Å². The highest BCUT2D eigenvalue weighted by Gasteiger charge is 2.10. The summed E-state index contributed by atoms with van der Waals surface area (Å²) in [5.41, 5.74) is 0. The van der Waals surface area contributed by atoms with Crippen molar-refractivity contribution in [2.45, 2.75) is 12.5 Å². The van der Waals surface area contributed by atoms with Crippen LogP contribution in [-0.2, 0) is 4.79 Å². The molecule has 0 saturated carbocycles. The molecule has 0 amide bonds. The fourth-order valence-corrected chi connectivity index (χ4v) is 0.812. The first-order valence-corrected chi connectivity index (χ1v) is 3.97. The molecule has 9 heavy (non-hydrogen) atoms. The highest BCUT2D eigenvalue weighted by molar-refractivity contribution is 7.98. The Kier molecular flexibility index (Phi) is 4.53. The van der Waals surface area contributed by atoms with Crippen LogP contribution >= 0.6 is 11.8 Å². The molecule has 1 atom stereocenters. The Balaban J connectivity index is 3.27. The predicted octanol–water partition coefficient (Wildman–Crippen LogP) is 0.185. The van der Waals surface area contributed by atoms with Gasteiger partial charge in [-0.15, -0.1) is 0 Å². The maximum absolute atomic E-state index is 9.95. The molecule has 0 aliphatic heterocycles. The van der Waals surface area contributed by atoms with Crippen molar-refractivity contribution in [1.82, 2.24) is 0 Å². The quantitative estimate of drug-likeness (QED) is 0.600. The first-order chi connectivity index (χ1) is 4.18.